The Morgan fingerprint density at radius 3 is 2.79 bits per heavy atom. The molecule has 1 aromatic rings. The van der Waals surface area contributed by atoms with Crippen LogP contribution in [0.2, 0.25) is 0 Å². The summed E-state index contributed by atoms with van der Waals surface area (Å²) >= 11 is 0. The molecule has 1 fully saturated rings. The Kier molecular flexibility index (Phi) is 3.79. The van der Waals surface area contributed by atoms with Crippen molar-refractivity contribution in [3.8, 4) is 0 Å². The molecule has 0 bridgehead atoms. The minimum Gasteiger partial charge on any atom is -0.459 e. The van der Waals surface area contributed by atoms with E-state index < -0.39 is 24.7 Å². The van der Waals surface area contributed by atoms with Gasteiger partial charge in [-0.2, -0.15) is 0 Å². The number of hydrogen-bond donors (Lipinski definition) is 2. The first-order valence-corrected chi connectivity index (χ1v) is 5.73. The molecule has 100 valence electrons. The summed E-state index contributed by atoms with van der Waals surface area (Å²) in [6.07, 6.45) is 5.03. The predicted octanol–water partition coefficient (Wildman–Crippen LogP) is 1.87. The normalized spacial score (nSPS) is 18.7. The van der Waals surface area contributed by atoms with E-state index >= 15 is 0 Å². The van der Waals surface area contributed by atoms with E-state index in [1.807, 2.05) is 0 Å². The molecule has 0 radical (unpaired) electrons. The lowest BCUT2D eigenvalue weighted by Gasteiger charge is -2.01. The highest BCUT2D eigenvalue weighted by molar-refractivity contribution is 6.04. The number of hydrogen-bond acceptors (Lipinski definition) is 3. The zero-order chi connectivity index (χ0) is 13.8. The lowest BCUT2D eigenvalue weighted by Crippen LogP contribution is -2.22. The molecule has 19 heavy (non-hydrogen) atoms. The molecule has 1 aliphatic rings. The first-order valence-electron chi connectivity index (χ1n) is 5.73. The Morgan fingerprint density at radius 2 is 2.21 bits per heavy atom. The van der Waals surface area contributed by atoms with Crippen molar-refractivity contribution in [2.45, 2.75) is 12.5 Å². The number of amides is 3. The van der Waals surface area contributed by atoms with Crippen LogP contribution in [0.5, 0.6) is 0 Å². The molecule has 0 aliphatic carbocycles. The standard InChI is InChI=1S/C13H13FN2O3/c1-2-9-8(5-3-4-6-14)7-10(19-9)11-12(17)16-13(18)15-11/h2-4,7,11H,1,5-6H2,(H2,15,16,17,18)/b4-3-. The van der Waals surface area contributed by atoms with Crippen LogP contribution < -0.4 is 10.6 Å². The molecule has 0 aromatic carbocycles. The van der Waals surface area contributed by atoms with Crippen LogP contribution in [0.25, 0.3) is 6.08 Å². The van der Waals surface area contributed by atoms with E-state index in [4.69, 9.17) is 4.42 Å². The van der Waals surface area contributed by atoms with Gasteiger partial charge in [0.2, 0.25) is 0 Å². The molecule has 2 heterocycles. The van der Waals surface area contributed by atoms with Crippen LogP contribution in [0.1, 0.15) is 23.1 Å². The van der Waals surface area contributed by atoms with Crippen LogP contribution in [0, 0.1) is 0 Å². The van der Waals surface area contributed by atoms with Gasteiger partial charge in [-0.05, 0) is 18.6 Å². The monoisotopic (exact) mass is 264 g/mol. The number of alkyl halides is 1. The van der Waals surface area contributed by atoms with Gasteiger partial charge in [-0.25, -0.2) is 9.18 Å². The highest BCUT2D eigenvalue weighted by Gasteiger charge is 2.33. The predicted molar refractivity (Wildman–Crippen MR) is 67.0 cm³/mol. The Morgan fingerprint density at radius 1 is 1.42 bits per heavy atom. The van der Waals surface area contributed by atoms with Gasteiger partial charge in [0.05, 0.1) is 0 Å². The summed E-state index contributed by atoms with van der Waals surface area (Å²) in [7, 11) is 0. The van der Waals surface area contributed by atoms with E-state index in [-0.39, 0.29) is 0 Å². The van der Waals surface area contributed by atoms with Crippen LogP contribution in [0.4, 0.5) is 9.18 Å². The van der Waals surface area contributed by atoms with Gasteiger partial charge in [0, 0.05) is 5.56 Å². The lowest BCUT2D eigenvalue weighted by atomic mass is 10.1. The fourth-order valence-corrected chi connectivity index (χ4v) is 1.83. The van der Waals surface area contributed by atoms with E-state index in [2.05, 4.69) is 17.2 Å². The third kappa shape index (κ3) is 2.73. The first-order chi connectivity index (χ1) is 9.15. The fraction of sp³-hybridized carbons (Fsp3) is 0.231. The van der Waals surface area contributed by atoms with Crippen molar-refractivity contribution in [2.24, 2.45) is 0 Å². The third-order valence-corrected chi connectivity index (χ3v) is 2.70. The molecule has 2 N–H and O–H groups in total. The van der Waals surface area contributed by atoms with Crippen molar-refractivity contribution in [3.63, 3.8) is 0 Å². The maximum Gasteiger partial charge on any atom is 0.322 e. The molecule has 1 atom stereocenters. The SMILES string of the molecule is C=Cc1oc(C2NC(=O)NC2=O)cc1C/C=C\CF. The highest BCUT2D eigenvalue weighted by Crippen LogP contribution is 2.24. The largest absolute Gasteiger partial charge is 0.459 e. The second-order valence-corrected chi connectivity index (χ2v) is 3.97. The maximum absolute atomic E-state index is 12.0. The van der Waals surface area contributed by atoms with Gasteiger partial charge >= 0.3 is 6.03 Å². The Balaban J connectivity index is 2.23. The summed E-state index contributed by atoms with van der Waals surface area (Å²) in [5.74, 6) is 0.384. The van der Waals surface area contributed by atoms with E-state index in [0.717, 1.165) is 5.56 Å². The highest BCUT2D eigenvalue weighted by atomic mass is 19.1. The van der Waals surface area contributed by atoms with E-state index in [1.54, 1.807) is 12.1 Å². The van der Waals surface area contributed by atoms with Crippen molar-refractivity contribution in [1.29, 1.82) is 0 Å². The summed E-state index contributed by atoms with van der Waals surface area (Å²) in [4.78, 5) is 22.6. The Labute approximate surface area is 109 Å². The summed E-state index contributed by atoms with van der Waals surface area (Å²) in [6.45, 7) is 3.08. The van der Waals surface area contributed by atoms with Crippen molar-refractivity contribution in [2.75, 3.05) is 6.67 Å². The number of carbonyl (C=O) groups excluding carboxylic acids is 2. The van der Waals surface area contributed by atoms with E-state index in [1.165, 1.54) is 12.2 Å². The van der Waals surface area contributed by atoms with Gasteiger partial charge in [0.1, 0.15) is 18.2 Å². The van der Waals surface area contributed by atoms with Crippen LogP contribution in [-0.2, 0) is 11.2 Å². The number of nitrogens with one attached hydrogen (secondary N) is 2. The molecule has 1 unspecified atom stereocenters. The van der Waals surface area contributed by atoms with Crippen molar-refractivity contribution < 1.29 is 18.4 Å². The van der Waals surface area contributed by atoms with Crippen LogP contribution in [0.15, 0.2) is 29.2 Å². The molecular formula is C13H13FN2O3. The second-order valence-electron chi connectivity index (χ2n) is 3.97. The quantitative estimate of drug-likeness (QED) is 0.630. The van der Waals surface area contributed by atoms with Crippen molar-refractivity contribution >= 4 is 18.0 Å². The summed E-state index contributed by atoms with van der Waals surface area (Å²) in [6, 6.07) is 0.283. The minimum absolute atomic E-state index is 0.335. The first kappa shape index (κ1) is 13.1. The van der Waals surface area contributed by atoms with Gasteiger partial charge in [-0.1, -0.05) is 18.7 Å². The second kappa shape index (κ2) is 5.51. The number of rotatable bonds is 5. The molecule has 1 aromatic heterocycles. The Hall–Kier alpha value is -2.37. The molecule has 5 nitrogen and oxygen atoms in total. The molecule has 0 spiro atoms. The molecule has 1 saturated heterocycles. The van der Waals surface area contributed by atoms with Gasteiger partial charge in [-0.3, -0.25) is 10.1 Å². The number of allylic oxidation sites excluding steroid dienone is 2. The van der Waals surface area contributed by atoms with Crippen LogP contribution >= 0.6 is 0 Å². The van der Waals surface area contributed by atoms with E-state index in [0.29, 0.717) is 17.9 Å². The number of urea groups is 1. The molecular weight excluding hydrogens is 251 g/mol. The van der Waals surface area contributed by atoms with Crippen molar-refractivity contribution in [3.05, 3.63) is 41.9 Å². The number of carbonyl (C=O) groups is 2. The zero-order valence-corrected chi connectivity index (χ0v) is 10.1. The molecule has 6 heteroatoms. The summed E-state index contributed by atoms with van der Waals surface area (Å²) in [5.41, 5.74) is 0.781. The maximum atomic E-state index is 12.0. The number of furan rings is 1. The fourth-order valence-electron chi connectivity index (χ4n) is 1.83. The topological polar surface area (TPSA) is 71.3 Å². The smallest absolute Gasteiger partial charge is 0.322 e. The van der Waals surface area contributed by atoms with Crippen LogP contribution in [0.3, 0.4) is 0 Å². The lowest BCUT2D eigenvalue weighted by molar-refractivity contribution is -0.120. The third-order valence-electron chi connectivity index (χ3n) is 2.70. The van der Waals surface area contributed by atoms with E-state index in [9.17, 15) is 14.0 Å². The van der Waals surface area contributed by atoms with Crippen molar-refractivity contribution in [1.82, 2.24) is 10.6 Å². The molecule has 1 aliphatic heterocycles. The Bertz CT molecular complexity index is 548. The zero-order valence-electron chi connectivity index (χ0n) is 10.1. The van der Waals surface area contributed by atoms with Gasteiger partial charge < -0.3 is 9.73 Å². The molecule has 0 saturated carbocycles. The summed E-state index contributed by atoms with van der Waals surface area (Å²) in [5, 5.41) is 4.57. The number of imide groups is 1. The van der Waals surface area contributed by atoms with Gasteiger partial charge in [0.25, 0.3) is 5.91 Å². The average Bonchev–Trinajstić information content (AvgIpc) is 2.93. The molecule has 3 amide bonds. The van der Waals surface area contributed by atoms with Gasteiger partial charge in [-0.15, -0.1) is 0 Å². The number of halogens is 1. The van der Waals surface area contributed by atoms with Crippen LogP contribution in [-0.4, -0.2) is 18.6 Å². The summed E-state index contributed by atoms with van der Waals surface area (Å²) < 4.78 is 17.5. The molecule has 2 rings (SSSR count). The average molecular weight is 264 g/mol. The van der Waals surface area contributed by atoms with Gasteiger partial charge in [0.15, 0.2) is 6.04 Å². The minimum atomic E-state index is -0.829.